The average molecular weight is 591 g/mol. The number of sulfone groups is 1. The maximum absolute atomic E-state index is 13.6. The molecule has 41 heavy (non-hydrogen) atoms. The molecule has 0 radical (unpaired) electrons. The molecule has 2 rings (SSSR count). The largest absolute Gasteiger partial charge is 0.482 e. The van der Waals surface area contributed by atoms with Crippen LogP contribution in [0.5, 0.6) is 5.75 Å². The molecule has 9 nitrogen and oxygen atoms in total. The van der Waals surface area contributed by atoms with E-state index in [1.165, 1.54) is 0 Å². The lowest BCUT2D eigenvalue weighted by Gasteiger charge is -2.31. The maximum atomic E-state index is 13.6. The first-order valence-corrected chi connectivity index (χ1v) is 15.6. The van der Waals surface area contributed by atoms with Gasteiger partial charge < -0.3 is 18.9 Å². The van der Waals surface area contributed by atoms with Gasteiger partial charge >= 0.3 is 17.9 Å². The van der Waals surface area contributed by atoms with Crippen molar-refractivity contribution in [3.8, 4) is 5.75 Å². The van der Waals surface area contributed by atoms with Gasteiger partial charge in [-0.25, -0.2) is 13.2 Å². The summed E-state index contributed by atoms with van der Waals surface area (Å²) in [6.45, 7) is 8.97. The molecular weight excluding hydrogens is 548 g/mol. The highest BCUT2D eigenvalue weighted by Gasteiger charge is 2.38. The van der Waals surface area contributed by atoms with Crippen LogP contribution >= 0.6 is 0 Å². The van der Waals surface area contributed by atoms with E-state index in [0.717, 1.165) is 5.56 Å². The molecule has 0 saturated heterocycles. The van der Waals surface area contributed by atoms with E-state index in [-0.39, 0.29) is 32.2 Å². The third-order valence-corrected chi connectivity index (χ3v) is 8.48. The molecule has 226 valence electrons. The van der Waals surface area contributed by atoms with Crippen LogP contribution in [0.3, 0.4) is 0 Å². The Morgan fingerprint density at radius 2 is 1.46 bits per heavy atom. The summed E-state index contributed by atoms with van der Waals surface area (Å²) in [5, 5.41) is 0. The lowest BCUT2D eigenvalue weighted by Crippen LogP contribution is -2.35. The van der Waals surface area contributed by atoms with Crippen molar-refractivity contribution in [3.63, 3.8) is 0 Å². The van der Waals surface area contributed by atoms with Crippen LogP contribution < -0.4 is 4.74 Å². The van der Waals surface area contributed by atoms with Crippen LogP contribution in [0.2, 0.25) is 0 Å². The van der Waals surface area contributed by atoms with Crippen molar-refractivity contribution >= 4 is 27.7 Å². The van der Waals surface area contributed by atoms with Gasteiger partial charge in [0.15, 0.2) is 16.4 Å². The molecule has 0 saturated carbocycles. The third-order valence-electron chi connectivity index (χ3n) is 6.58. The molecule has 0 amide bonds. The SMILES string of the molecule is CCOC(=O)COc1cccc(C(C)(CCCC(C)(C)CS(=O)(=O)CC(=O)OCC)C(=O)OCc2ccccc2)c1. The van der Waals surface area contributed by atoms with Crippen molar-refractivity contribution in [1.82, 2.24) is 0 Å². The molecule has 0 aliphatic heterocycles. The number of hydrogen-bond acceptors (Lipinski definition) is 9. The third kappa shape index (κ3) is 11.5. The predicted molar refractivity (Wildman–Crippen MR) is 155 cm³/mol. The fourth-order valence-corrected chi connectivity index (χ4v) is 6.42. The molecule has 0 spiro atoms. The number of rotatable bonds is 17. The topological polar surface area (TPSA) is 122 Å². The highest BCUT2D eigenvalue weighted by molar-refractivity contribution is 7.92. The molecule has 0 heterocycles. The van der Waals surface area contributed by atoms with Crippen molar-refractivity contribution in [1.29, 1.82) is 0 Å². The summed E-state index contributed by atoms with van der Waals surface area (Å²) >= 11 is 0. The Bertz CT molecular complexity index is 1260. The summed E-state index contributed by atoms with van der Waals surface area (Å²) in [4.78, 5) is 37.1. The Balaban J connectivity index is 2.20. The van der Waals surface area contributed by atoms with Crippen molar-refractivity contribution in [2.45, 2.75) is 65.9 Å². The number of hydrogen-bond donors (Lipinski definition) is 0. The zero-order valence-electron chi connectivity index (χ0n) is 24.6. The Kier molecular flexibility index (Phi) is 12.8. The van der Waals surface area contributed by atoms with Gasteiger partial charge in [-0.3, -0.25) is 9.59 Å². The summed E-state index contributed by atoms with van der Waals surface area (Å²) < 4.78 is 46.3. The van der Waals surface area contributed by atoms with E-state index in [2.05, 4.69) is 0 Å². The summed E-state index contributed by atoms with van der Waals surface area (Å²) in [6.07, 6.45) is 1.35. The van der Waals surface area contributed by atoms with Crippen LogP contribution in [0.25, 0.3) is 0 Å². The molecule has 0 aliphatic carbocycles. The minimum atomic E-state index is -3.68. The van der Waals surface area contributed by atoms with Crippen LogP contribution in [-0.2, 0) is 50.5 Å². The van der Waals surface area contributed by atoms with Gasteiger partial charge in [-0.15, -0.1) is 0 Å². The first-order valence-electron chi connectivity index (χ1n) is 13.8. The Labute approximate surface area is 243 Å². The van der Waals surface area contributed by atoms with Gasteiger partial charge in [0.05, 0.1) is 24.4 Å². The zero-order valence-corrected chi connectivity index (χ0v) is 25.5. The second-order valence-electron chi connectivity index (χ2n) is 10.9. The van der Waals surface area contributed by atoms with E-state index in [1.54, 1.807) is 45.0 Å². The quantitative estimate of drug-likeness (QED) is 0.189. The van der Waals surface area contributed by atoms with E-state index in [9.17, 15) is 22.8 Å². The van der Waals surface area contributed by atoms with E-state index < -0.39 is 44.3 Å². The zero-order chi connectivity index (χ0) is 30.5. The fourth-order valence-electron chi connectivity index (χ4n) is 4.54. The highest BCUT2D eigenvalue weighted by atomic mass is 32.2. The van der Waals surface area contributed by atoms with Crippen molar-refractivity contribution in [2.24, 2.45) is 5.41 Å². The van der Waals surface area contributed by atoms with Crippen LogP contribution in [0, 0.1) is 5.41 Å². The summed E-state index contributed by atoms with van der Waals surface area (Å²) in [7, 11) is -3.68. The molecule has 1 unspecified atom stereocenters. The van der Waals surface area contributed by atoms with E-state index >= 15 is 0 Å². The van der Waals surface area contributed by atoms with Crippen LogP contribution in [0.15, 0.2) is 54.6 Å². The summed E-state index contributed by atoms with van der Waals surface area (Å²) in [5.74, 6) is -2.14. The standard InChI is InChI=1S/C31H42O9S/c1-6-37-27(32)21-39-26-16-11-15-25(19-26)31(5,29(34)40-20-24-13-9-8-10-14-24)18-12-17-30(3,4)23-41(35,36)22-28(33)38-7-2/h8-11,13-16,19H,6-7,12,17-18,20-23H2,1-5H3. The first kappa shape index (κ1) is 33.8. The second-order valence-corrected chi connectivity index (χ2v) is 12.9. The van der Waals surface area contributed by atoms with Gasteiger partial charge in [-0.2, -0.15) is 0 Å². The van der Waals surface area contributed by atoms with E-state index in [4.69, 9.17) is 18.9 Å². The monoisotopic (exact) mass is 590 g/mol. The van der Waals surface area contributed by atoms with Gasteiger partial charge in [0, 0.05) is 0 Å². The lowest BCUT2D eigenvalue weighted by atomic mass is 9.76. The van der Waals surface area contributed by atoms with Gasteiger partial charge in [0.1, 0.15) is 18.1 Å². The first-order chi connectivity index (χ1) is 19.3. The number of benzene rings is 2. The van der Waals surface area contributed by atoms with E-state index in [1.807, 2.05) is 44.2 Å². The van der Waals surface area contributed by atoms with Gasteiger partial charge in [0.25, 0.3) is 0 Å². The van der Waals surface area contributed by atoms with Crippen molar-refractivity contribution in [2.75, 3.05) is 31.3 Å². The molecule has 1 atom stereocenters. The molecule has 0 bridgehead atoms. The second kappa shape index (κ2) is 15.6. The van der Waals surface area contributed by atoms with Crippen LogP contribution in [-0.4, -0.2) is 57.7 Å². The van der Waals surface area contributed by atoms with Crippen molar-refractivity contribution < 1.29 is 41.7 Å². The van der Waals surface area contributed by atoms with Gasteiger partial charge in [-0.1, -0.05) is 62.7 Å². The van der Waals surface area contributed by atoms with Gasteiger partial charge in [0.2, 0.25) is 0 Å². The molecule has 2 aromatic rings. The lowest BCUT2D eigenvalue weighted by molar-refractivity contribution is -0.152. The fraction of sp³-hybridized carbons (Fsp3) is 0.516. The molecule has 0 aliphatic rings. The highest BCUT2D eigenvalue weighted by Crippen LogP contribution is 2.36. The van der Waals surface area contributed by atoms with Gasteiger partial charge in [-0.05, 0) is 62.3 Å². The Morgan fingerprint density at radius 3 is 2.12 bits per heavy atom. The van der Waals surface area contributed by atoms with Crippen LogP contribution in [0.4, 0.5) is 0 Å². The Hall–Kier alpha value is -3.40. The Morgan fingerprint density at radius 1 is 0.805 bits per heavy atom. The number of carbonyl (C=O) groups is 3. The molecule has 0 N–H and O–H groups in total. The molecule has 0 aromatic heterocycles. The average Bonchev–Trinajstić information content (AvgIpc) is 2.90. The van der Waals surface area contributed by atoms with E-state index in [0.29, 0.717) is 30.6 Å². The molecule has 2 aromatic carbocycles. The summed E-state index contributed by atoms with van der Waals surface area (Å²) in [6, 6.07) is 16.3. The molecule has 0 fully saturated rings. The summed E-state index contributed by atoms with van der Waals surface area (Å²) in [5.41, 5.74) is -0.240. The number of carbonyl (C=O) groups excluding carboxylic acids is 3. The minimum absolute atomic E-state index is 0.103. The smallest absolute Gasteiger partial charge is 0.344 e. The molecule has 10 heteroatoms. The maximum Gasteiger partial charge on any atom is 0.344 e. The predicted octanol–water partition coefficient (Wildman–Crippen LogP) is 4.80. The minimum Gasteiger partial charge on any atom is -0.482 e. The number of ether oxygens (including phenoxy) is 4. The van der Waals surface area contributed by atoms with Crippen LogP contribution in [0.1, 0.15) is 65.0 Å². The normalized spacial score (nSPS) is 13.1. The molecular formula is C31H42O9S. The number of esters is 3. The van der Waals surface area contributed by atoms with Crippen molar-refractivity contribution in [3.05, 3.63) is 65.7 Å².